The third-order valence-electron chi connectivity index (χ3n) is 14.5. The fraction of sp³-hybridized carbons (Fsp3) is 0.981. The van der Waals surface area contributed by atoms with Gasteiger partial charge in [-0.25, -0.2) is 0 Å². The molecule has 0 spiro atoms. The minimum absolute atomic E-state index is 0.196. The Morgan fingerprint density at radius 1 is 0.514 bits per heavy atom. The van der Waals surface area contributed by atoms with E-state index in [9.17, 15) is 55.9 Å². The summed E-state index contributed by atoms with van der Waals surface area (Å²) in [7, 11) is 0. The molecule has 0 unspecified atom stereocenters. The lowest BCUT2D eigenvalue weighted by molar-refractivity contribution is -0.339. The standard InChI is InChI=1S/C54H105NO15/c1-3-5-7-9-11-13-15-17-18-19-20-21-22-23-24-26-28-30-32-34-36-42(59)52(66)55-40(45(61)41(58)35-33-31-29-27-25-16-14-12-10-8-6-4-2)39-67-54-51(47(63)46(62)44(38-57)68-54)70-53-49(65)48(64)50(69-53)43(60)37-56/h40-51,53-54,56-65H,3-39H2,1-2H3,(H,55,66)/t40-,41+,42+,43+,44+,45-,46-,47-,48+,49+,50-,51+,53-,54-/m0/s1. The summed E-state index contributed by atoms with van der Waals surface area (Å²) < 4.78 is 22.9. The maximum atomic E-state index is 13.4. The van der Waals surface area contributed by atoms with Crippen LogP contribution in [-0.2, 0) is 23.7 Å². The van der Waals surface area contributed by atoms with Crippen LogP contribution < -0.4 is 5.32 Å². The van der Waals surface area contributed by atoms with E-state index < -0.39 is 111 Å². The molecule has 14 atom stereocenters. The van der Waals surface area contributed by atoms with Gasteiger partial charge in [0.15, 0.2) is 12.6 Å². The lowest BCUT2D eigenvalue weighted by Gasteiger charge is -2.43. The van der Waals surface area contributed by atoms with E-state index in [1.807, 2.05) is 0 Å². The minimum atomic E-state index is -1.81. The SMILES string of the molecule is CCCCCCCCCCCCCCCCCCCCCC[C@@H](O)C(=O)N[C@@H](CO[C@H]1O[C@H](CO)[C@H](O)[C@H](O)[C@H]1O[C@@H]1O[C@@H]([C@H](O)CO)[C@H](O)[C@H]1O)[C@H](O)[C@H](O)CCCCCCCCCCCCCC. The molecule has 70 heavy (non-hydrogen) atoms. The summed E-state index contributed by atoms with van der Waals surface area (Å²) in [5.41, 5.74) is 0. The molecule has 1 amide bonds. The number of carbonyl (C=O) groups is 1. The van der Waals surface area contributed by atoms with Gasteiger partial charge in [0.25, 0.3) is 0 Å². The fourth-order valence-corrected chi connectivity index (χ4v) is 9.76. The molecule has 2 heterocycles. The highest BCUT2D eigenvalue weighted by Gasteiger charge is 2.52. The summed E-state index contributed by atoms with van der Waals surface area (Å²) in [6.07, 6.45) is 18.2. The molecule has 2 aliphatic rings. The number of carbonyl (C=O) groups excluding carboxylic acids is 1. The number of hydrogen-bond acceptors (Lipinski definition) is 15. The molecule has 0 saturated carbocycles. The molecular weight excluding hydrogens is 903 g/mol. The summed E-state index contributed by atoms with van der Waals surface area (Å²) in [5, 5.41) is 108. The van der Waals surface area contributed by atoms with Crippen LogP contribution in [-0.4, -0.2) is 163 Å². The molecule has 16 heteroatoms. The average molecular weight is 1010 g/mol. The second-order valence-corrected chi connectivity index (χ2v) is 20.7. The van der Waals surface area contributed by atoms with E-state index in [0.29, 0.717) is 12.8 Å². The monoisotopic (exact) mass is 1010 g/mol. The Balaban J connectivity index is 1.88. The average Bonchev–Trinajstić information content (AvgIpc) is 3.64. The maximum absolute atomic E-state index is 13.4. The third-order valence-corrected chi connectivity index (χ3v) is 14.5. The number of unbranched alkanes of at least 4 members (excludes halogenated alkanes) is 30. The van der Waals surface area contributed by atoms with Gasteiger partial charge in [0, 0.05) is 0 Å². The van der Waals surface area contributed by atoms with Crippen molar-refractivity contribution in [3.8, 4) is 0 Å². The largest absolute Gasteiger partial charge is 0.394 e. The van der Waals surface area contributed by atoms with Crippen LogP contribution in [0.15, 0.2) is 0 Å². The number of rotatable bonds is 46. The normalized spacial score (nSPS) is 26.0. The van der Waals surface area contributed by atoms with Gasteiger partial charge in [-0.2, -0.15) is 0 Å². The van der Waals surface area contributed by atoms with E-state index in [4.69, 9.17) is 18.9 Å². The van der Waals surface area contributed by atoms with Crippen molar-refractivity contribution in [1.82, 2.24) is 5.32 Å². The Bertz CT molecular complexity index is 1220. The quantitative estimate of drug-likeness (QED) is 0.0291. The Morgan fingerprint density at radius 3 is 1.34 bits per heavy atom. The zero-order valence-corrected chi connectivity index (χ0v) is 43.8. The van der Waals surface area contributed by atoms with Crippen LogP contribution in [0.25, 0.3) is 0 Å². The zero-order chi connectivity index (χ0) is 51.4. The molecule has 416 valence electrons. The first-order chi connectivity index (χ1) is 33.9. The molecule has 16 nitrogen and oxygen atoms in total. The van der Waals surface area contributed by atoms with Crippen LogP contribution in [0.2, 0.25) is 0 Å². The lowest BCUT2D eigenvalue weighted by atomic mass is 9.98. The van der Waals surface area contributed by atoms with E-state index in [1.54, 1.807) is 0 Å². The molecular formula is C54H105NO15. The highest BCUT2D eigenvalue weighted by Crippen LogP contribution is 2.31. The summed E-state index contributed by atoms with van der Waals surface area (Å²) in [4.78, 5) is 13.4. The van der Waals surface area contributed by atoms with Crippen molar-refractivity contribution >= 4 is 5.91 Å². The van der Waals surface area contributed by atoms with Crippen molar-refractivity contribution < 1.29 is 74.8 Å². The van der Waals surface area contributed by atoms with Crippen molar-refractivity contribution in [3.05, 3.63) is 0 Å². The summed E-state index contributed by atoms with van der Waals surface area (Å²) in [5.74, 6) is -0.769. The van der Waals surface area contributed by atoms with Crippen molar-refractivity contribution in [3.63, 3.8) is 0 Å². The molecule has 2 rings (SSSR count). The van der Waals surface area contributed by atoms with Crippen LogP contribution in [0, 0.1) is 0 Å². The number of aliphatic hydroxyl groups is 10. The Kier molecular flexibility index (Phi) is 38.3. The summed E-state index contributed by atoms with van der Waals surface area (Å²) >= 11 is 0. The third kappa shape index (κ3) is 26.9. The maximum Gasteiger partial charge on any atom is 0.249 e. The van der Waals surface area contributed by atoms with E-state index >= 15 is 0 Å². The van der Waals surface area contributed by atoms with Gasteiger partial charge in [-0.05, 0) is 12.8 Å². The van der Waals surface area contributed by atoms with Crippen molar-refractivity contribution in [2.24, 2.45) is 0 Å². The smallest absolute Gasteiger partial charge is 0.249 e. The number of aliphatic hydroxyl groups excluding tert-OH is 10. The first kappa shape index (κ1) is 65.0. The van der Waals surface area contributed by atoms with Crippen molar-refractivity contribution in [1.29, 1.82) is 0 Å². The second kappa shape index (κ2) is 41.2. The Morgan fingerprint density at radius 2 is 0.929 bits per heavy atom. The molecule has 2 fully saturated rings. The predicted molar refractivity (Wildman–Crippen MR) is 271 cm³/mol. The van der Waals surface area contributed by atoms with Crippen LogP contribution in [0.5, 0.6) is 0 Å². The molecule has 0 radical (unpaired) electrons. The first-order valence-corrected chi connectivity index (χ1v) is 28.5. The highest BCUT2D eigenvalue weighted by molar-refractivity contribution is 5.80. The predicted octanol–water partition coefficient (Wildman–Crippen LogP) is 6.50. The molecule has 2 saturated heterocycles. The molecule has 0 aromatic rings. The van der Waals surface area contributed by atoms with Crippen LogP contribution in [0.4, 0.5) is 0 Å². The van der Waals surface area contributed by atoms with Crippen LogP contribution in [0.1, 0.15) is 232 Å². The zero-order valence-electron chi connectivity index (χ0n) is 43.8. The Hall–Kier alpha value is -1.09. The van der Waals surface area contributed by atoms with Gasteiger partial charge >= 0.3 is 0 Å². The second-order valence-electron chi connectivity index (χ2n) is 20.7. The number of nitrogens with one attached hydrogen (secondary N) is 1. The fourth-order valence-electron chi connectivity index (χ4n) is 9.76. The first-order valence-electron chi connectivity index (χ1n) is 28.5. The highest BCUT2D eigenvalue weighted by atomic mass is 16.8. The summed E-state index contributed by atoms with van der Waals surface area (Å²) in [6.45, 7) is 2.38. The molecule has 11 N–H and O–H groups in total. The van der Waals surface area contributed by atoms with Gasteiger partial charge in [-0.3, -0.25) is 4.79 Å². The Labute approximate surface area is 422 Å². The van der Waals surface area contributed by atoms with Gasteiger partial charge in [0.2, 0.25) is 5.91 Å². The molecule has 0 aromatic carbocycles. The number of amides is 1. The van der Waals surface area contributed by atoms with Crippen LogP contribution >= 0.6 is 0 Å². The van der Waals surface area contributed by atoms with Crippen LogP contribution in [0.3, 0.4) is 0 Å². The van der Waals surface area contributed by atoms with Crippen molar-refractivity contribution in [2.45, 2.75) is 318 Å². The molecule has 2 aliphatic heterocycles. The minimum Gasteiger partial charge on any atom is -0.394 e. The van der Waals surface area contributed by atoms with E-state index in [0.717, 1.165) is 51.4 Å². The van der Waals surface area contributed by atoms with E-state index in [2.05, 4.69) is 19.2 Å². The van der Waals surface area contributed by atoms with E-state index in [-0.39, 0.29) is 12.8 Å². The molecule has 0 aliphatic carbocycles. The van der Waals surface area contributed by atoms with Crippen molar-refractivity contribution in [2.75, 3.05) is 19.8 Å². The van der Waals surface area contributed by atoms with Gasteiger partial charge in [-0.15, -0.1) is 0 Å². The topological polar surface area (TPSA) is 268 Å². The van der Waals surface area contributed by atoms with Gasteiger partial charge in [-0.1, -0.05) is 219 Å². The number of ether oxygens (including phenoxy) is 4. The summed E-state index contributed by atoms with van der Waals surface area (Å²) in [6, 6.07) is -1.30. The molecule has 0 bridgehead atoms. The van der Waals surface area contributed by atoms with Gasteiger partial charge < -0.3 is 75.3 Å². The molecule has 0 aromatic heterocycles. The van der Waals surface area contributed by atoms with Gasteiger partial charge in [0.05, 0.1) is 32.0 Å². The number of hydrogen-bond donors (Lipinski definition) is 11. The van der Waals surface area contributed by atoms with Gasteiger partial charge in [0.1, 0.15) is 61.0 Å². The lowest BCUT2D eigenvalue weighted by Crippen LogP contribution is -2.62. The van der Waals surface area contributed by atoms with E-state index in [1.165, 1.54) is 141 Å².